The maximum atomic E-state index is 14.3. The van der Waals surface area contributed by atoms with Crippen LogP contribution in [0.15, 0.2) is 102 Å². The quantitative estimate of drug-likeness (QED) is 0.187. The molecule has 1 atom stereocenters. The molecule has 0 heterocycles. The molecule has 224 valence electrons. The first-order valence-corrected chi connectivity index (χ1v) is 16.0. The van der Waals surface area contributed by atoms with Gasteiger partial charge in [0, 0.05) is 20.0 Å². The van der Waals surface area contributed by atoms with Crippen LogP contribution < -0.4 is 9.62 Å². The Morgan fingerprint density at radius 3 is 2.05 bits per heavy atom. The van der Waals surface area contributed by atoms with Crippen LogP contribution in [0.25, 0.3) is 0 Å². The number of benzene rings is 4. The van der Waals surface area contributed by atoms with Crippen molar-refractivity contribution in [2.45, 2.75) is 23.9 Å². The average molecular weight is 679 g/mol. The van der Waals surface area contributed by atoms with Crippen molar-refractivity contribution in [1.82, 2.24) is 10.2 Å². The van der Waals surface area contributed by atoms with Crippen molar-refractivity contribution in [2.24, 2.45) is 0 Å². The molecule has 4 aromatic rings. The van der Waals surface area contributed by atoms with Crippen LogP contribution in [0.3, 0.4) is 0 Å². The van der Waals surface area contributed by atoms with Gasteiger partial charge in [0.15, 0.2) is 0 Å². The van der Waals surface area contributed by atoms with E-state index in [1.165, 1.54) is 42.3 Å². The third kappa shape index (κ3) is 7.82. The summed E-state index contributed by atoms with van der Waals surface area (Å²) in [7, 11) is -2.84. The summed E-state index contributed by atoms with van der Waals surface area (Å²) < 4.78 is 28.9. The van der Waals surface area contributed by atoms with Gasteiger partial charge >= 0.3 is 0 Å². The van der Waals surface area contributed by atoms with E-state index < -0.39 is 34.4 Å². The second kappa shape index (κ2) is 14.5. The van der Waals surface area contributed by atoms with E-state index >= 15 is 0 Å². The highest BCUT2D eigenvalue weighted by molar-refractivity contribution is 7.92. The predicted octanol–water partition coefficient (Wildman–Crippen LogP) is 6.88. The van der Waals surface area contributed by atoms with Gasteiger partial charge in [-0.05, 0) is 47.5 Å². The minimum Gasteiger partial charge on any atom is -0.357 e. The normalized spacial score (nSPS) is 11.9. The highest BCUT2D eigenvalue weighted by Crippen LogP contribution is 2.35. The number of amides is 2. The van der Waals surface area contributed by atoms with Crippen molar-refractivity contribution >= 4 is 73.9 Å². The fourth-order valence-electron chi connectivity index (χ4n) is 4.47. The molecule has 4 aromatic carbocycles. The molecule has 4 rings (SSSR count). The van der Waals surface area contributed by atoms with Crippen LogP contribution in [0.4, 0.5) is 5.69 Å². The first kappa shape index (κ1) is 32.6. The van der Waals surface area contributed by atoms with E-state index in [2.05, 4.69) is 5.32 Å². The molecule has 1 N–H and O–H groups in total. The van der Waals surface area contributed by atoms with Crippen molar-refractivity contribution < 1.29 is 18.0 Å². The van der Waals surface area contributed by atoms with E-state index in [4.69, 9.17) is 46.4 Å². The SMILES string of the molecule is CNC(=O)[C@H](Cc1ccccc1)N(Cc1ccc(Cl)c(Cl)c1)C(=O)CN(c1cccc(Cl)c1Cl)S(=O)(=O)c1ccccc1. The van der Waals surface area contributed by atoms with Gasteiger partial charge in [0.05, 0.1) is 30.7 Å². The van der Waals surface area contributed by atoms with E-state index in [0.29, 0.717) is 10.6 Å². The van der Waals surface area contributed by atoms with Crippen molar-refractivity contribution in [3.05, 3.63) is 128 Å². The number of halogens is 4. The van der Waals surface area contributed by atoms with Crippen LogP contribution in [0.5, 0.6) is 0 Å². The van der Waals surface area contributed by atoms with Crippen LogP contribution in [0, 0.1) is 0 Å². The highest BCUT2D eigenvalue weighted by Gasteiger charge is 2.35. The van der Waals surface area contributed by atoms with Gasteiger partial charge in [0.2, 0.25) is 11.8 Å². The zero-order valence-electron chi connectivity index (χ0n) is 22.9. The molecule has 0 radical (unpaired) electrons. The second-order valence-electron chi connectivity index (χ2n) is 9.49. The van der Waals surface area contributed by atoms with E-state index in [9.17, 15) is 18.0 Å². The molecule has 0 saturated heterocycles. The number of hydrogen-bond acceptors (Lipinski definition) is 4. The summed E-state index contributed by atoms with van der Waals surface area (Å²) in [5.41, 5.74) is 1.40. The van der Waals surface area contributed by atoms with Gasteiger partial charge in [0.25, 0.3) is 10.0 Å². The van der Waals surface area contributed by atoms with Gasteiger partial charge < -0.3 is 10.2 Å². The topological polar surface area (TPSA) is 86.8 Å². The fraction of sp³-hybridized carbons (Fsp3) is 0.161. The Morgan fingerprint density at radius 2 is 1.42 bits per heavy atom. The lowest BCUT2D eigenvalue weighted by Gasteiger charge is -2.34. The number of nitrogens with zero attached hydrogens (tertiary/aromatic N) is 2. The number of sulfonamides is 1. The van der Waals surface area contributed by atoms with Crippen LogP contribution >= 0.6 is 46.4 Å². The molecule has 0 spiro atoms. The number of hydrogen-bond donors (Lipinski definition) is 1. The van der Waals surface area contributed by atoms with E-state index in [0.717, 1.165) is 9.87 Å². The number of rotatable bonds is 11. The smallest absolute Gasteiger partial charge is 0.264 e. The van der Waals surface area contributed by atoms with Crippen molar-refractivity contribution in [3.8, 4) is 0 Å². The first-order chi connectivity index (χ1) is 20.5. The van der Waals surface area contributed by atoms with Gasteiger partial charge in [0.1, 0.15) is 12.6 Å². The standard InChI is InChI=1S/C31H27Cl4N3O4S/c1-36-31(40)28(18-21-9-4-2-5-10-21)37(19-22-15-16-24(32)26(34)17-22)29(39)20-38(27-14-8-13-25(33)30(27)35)43(41,42)23-11-6-3-7-12-23/h2-17,28H,18-20H2,1H3,(H,36,40)/t28-/m0/s1. The molecular weight excluding hydrogens is 652 g/mol. The Morgan fingerprint density at radius 1 is 0.767 bits per heavy atom. The molecule has 0 unspecified atom stereocenters. The van der Waals surface area contributed by atoms with Crippen LogP contribution in [0.2, 0.25) is 20.1 Å². The van der Waals surface area contributed by atoms with Crippen molar-refractivity contribution in [3.63, 3.8) is 0 Å². The summed E-state index contributed by atoms with van der Waals surface area (Å²) in [5, 5.41) is 3.30. The second-order valence-corrected chi connectivity index (χ2v) is 12.9. The molecule has 0 fully saturated rings. The Hall–Kier alpha value is -3.27. The molecule has 0 saturated carbocycles. The van der Waals surface area contributed by atoms with Crippen molar-refractivity contribution in [2.75, 3.05) is 17.9 Å². The van der Waals surface area contributed by atoms with Gasteiger partial charge in [-0.25, -0.2) is 8.42 Å². The number of anilines is 1. The minimum atomic E-state index is -4.31. The van der Waals surface area contributed by atoms with Crippen molar-refractivity contribution in [1.29, 1.82) is 0 Å². The average Bonchev–Trinajstić information content (AvgIpc) is 3.01. The molecule has 12 heteroatoms. The number of carbonyl (C=O) groups is 2. The molecule has 43 heavy (non-hydrogen) atoms. The summed E-state index contributed by atoms with van der Waals surface area (Å²) in [5.74, 6) is -1.10. The molecular formula is C31H27Cl4N3O4S. The fourth-order valence-corrected chi connectivity index (χ4v) is 6.69. The highest BCUT2D eigenvalue weighted by atomic mass is 35.5. The number of nitrogens with one attached hydrogen (secondary N) is 1. The first-order valence-electron chi connectivity index (χ1n) is 13.0. The third-order valence-corrected chi connectivity index (χ3v) is 9.99. The Kier molecular flexibility index (Phi) is 11.0. The lowest BCUT2D eigenvalue weighted by atomic mass is 10.0. The molecule has 0 aliphatic rings. The summed E-state index contributed by atoms with van der Waals surface area (Å²) in [6.07, 6.45) is 0.164. The Balaban J connectivity index is 1.82. The lowest BCUT2D eigenvalue weighted by Crippen LogP contribution is -2.53. The summed E-state index contributed by atoms with van der Waals surface area (Å²) in [4.78, 5) is 28.9. The molecule has 0 aliphatic heterocycles. The minimum absolute atomic E-state index is 0.0143. The van der Waals surface area contributed by atoms with Crippen LogP contribution in [0.1, 0.15) is 11.1 Å². The Bertz CT molecular complexity index is 1710. The van der Waals surface area contributed by atoms with E-state index in [1.54, 1.807) is 36.4 Å². The zero-order chi connectivity index (χ0) is 31.1. The monoisotopic (exact) mass is 677 g/mol. The predicted molar refractivity (Wildman–Crippen MR) is 172 cm³/mol. The Labute approximate surface area is 271 Å². The molecule has 0 aromatic heterocycles. The van der Waals surface area contributed by atoms with Gasteiger partial charge in [-0.3, -0.25) is 13.9 Å². The molecule has 0 aliphatic carbocycles. The van der Waals surface area contributed by atoms with Gasteiger partial charge in [-0.2, -0.15) is 0 Å². The van der Waals surface area contributed by atoms with Crippen LogP contribution in [-0.4, -0.2) is 44.8 Å². The zero-order valence-corrected chi connectivity index (χ0v) is 26.7. The largest absolute Gasteiger partial charge is 0.357 e. The van der Waals surface area contributed by atoms with Crippen LogP contribution in [-0.2, 0) is 32.6 Å². The summed E-state index contributed by atoms with van der Waals surface area (Å²) in [6, 6.07) is 25.2. The number of likely N-dealkylation sites (N-methyl/N-ethyl adjacent to an activating group) is 1. The van der Waals surface area contributed by atoms with Gasteiger partial charge in [-0.15, -0.1) is 0 Å². The van der Waals surface area contributed by atoms with Gasteiger partial charge in [-0.1, -0.05) is 107 Å². The number of carbonyl (C=O) groups excluding carboxylic acids is 2. The van der Waals surface area contributed by atoms with E-state index in [-0.39, 0.29) is 38.6 Å². The molecule has 0 bridgehead atoms. The summed E-state index contributed by atoms with van der Waals surface area (Å²) >= 11 is 25.2. The maximum Gasteiger partial charge on any atom is 0.264 e. The summed E-state index contributed by atoms with van der Waals surface area (Å²) in [6.45, 7) is -0.746. The molecule has 2 amide bonds. The van der Waals surface area contributed by atoms with E-state index in [1.807, 2.05) is 30.3 Å². The maximum absolute atomic E-state index is 14.3. The third-order valence-electron chi connectivity index (χ3n) is 6.66. The lowest BCUT2D eigenvalue weighted by molar-refractivity contribution is -0.139. The molecule has 7 nitrogen and oxygen atoms in total.